The number of hydrogen-bond acceptors (Lipinski definition) is 4. The third-order valence-corrected chi connectivity index (χ3v) is 2.94. The van der Waals surface area contributed by atoms with Gasteiger partial charge in [0.25, 0.3) is 5.91 Å². The Kier molecular flexibility index (Phi) is 4.83. The number of carbonyl (C=O) groups is 2. The van der Waals surface area contributed by atoms with E-state index >= 15 is 0 Å². The van der Waals surface area contributed by atoms with Gasteiger partial charge in [-0.05, 0) is 38.1 Å². The van der Waals surface area contributed by atoms with E-state index in [1.54, 1.807) is 31.2 Å². The number of benzene rings is 1. The average molecular weight is 298 g/mol. The molecule has 0 spiro atoms. The maximum Gasteiger partial charge on any atom is 0.258 e. The van der Waals surface area contributed by atoms with Crippen molar-refractivity contribution in [3.63, 3.8) is 0 Å². The number of rotatable bonds is 4. The Morgan fingerprint density at radius 3 is 2.36 bits per heavy atom. The fourth-order valence-corrected chi connectivity index (χ4v) is 1.94. The summed E-state index contributed by atoms with van der Waals surface area (Å²) in [5.41, 5.74) is 2.58. The van der Waals surface area contributed by atoms with Crippen LogP contribution in [0.2, 0.25) is 0 Å². The molecule has 0 aliphatic heterocycles. The molecule has 0 saturated carbocycles. The van der Waals surface area contributed by atoms with Gasteiger partial charge in [0.05, 0.1) is 0 Å². The maximum atomic E-state index is 12.2. The summed E-state index contributed by atoms with van der Waals surface area (Å²) >= 11 is 0. The molecule has 0 atom stereocenters. The Hall–Kier alpha value is -2.76. The first-order valence-electron chi connectivity index (χ1n) is 7.01. The molecule has 0 unspecified atom stereocenters. The normalized spacial score (nSPS) is 10.1. The van der Waals surface area contributed by atoms with Crippen LogP contribution in [0.15, 0.2) is 30.3 Å². The summed E-state index contributed by atoms with van der Waals surface area (Å²) in [5, 5.41) is 5.38. The molecule has 0 saturated heterocycles. The average Bonchev–Trinajstić information content (AvgIpc) is 2.46. The van der Waals surface area contributed by atoms with Gasteiger partial charge < -0.3 is 5.32 Å². The molecule has 1 aromatic heterocycles. The lowest BCUT2D eigenvalue weighted by molar-refractivity contribution is -0.115. The number of nitrogens with zero attached hydrogens (tertiary/aromatic N) is 2. The zero-order valence-corrected chi connectivity index (χ0v) is 12.8. The van der Waals surface area contributed by atoms with Crippen molar-refractivity contribution in [2.75, 3.05) is 10.6 Å². The Balaban J connectivity index is 2.15. The Bertz CT molecular complexity index is 693. The van der Waals surface area contributed by atoms with Crippen LogP contribution in [0, 0.1) is 13.8 Å². The first kappa shape index (κ1) is 15.6. The van der Waals surface area contributed by atoms with Gasteiger partial charge in [-0.15, -0.1) is 0 Å². The number of aryl methyl sites for hydroxylation is 2. The highest BCUT2D eigenvalue weighted by Crippen LogP contribution is 2.13. The second kappa shape index (κ2) is 6.80. The molecule has 2 N–H and O–H groups in total. The largest absolute Gasteiger partial charge is 0.326 e. The molecule has 2 rings (SSSR count). The third kappa shape index (κ3) is 4.12. The molecule has 114 valence electrons. The van der Waals surface area contributed by atoms with Crippen LogP contribution in [0.3, 0.4) is 0 Å². The van der Waals surface area contributed by atoms with Gasteiger partial charge in [0, 0.05) is 29.1 Å². The number of anilines is 2. The predicted octanol–water partition coefficient (Wildman–Crippen LogP) is 2.69. The van der Waals surface area contributed by atoms with E-state index < -0.39 is 0 Å². The van der Waals surface area contributed by atoms with Gasteiger partial charge in [0.15, 0.2) is 0 Å². The van der Waals surface area contributed by atoms with Crippen LogP contribution in [-0.2, 0) is 4.79 Å². The van der Waals surface area contributed by atoms with Crippen LogP contribution < -0.4 is 10.6 Å². The van der Waals surface area contributed by atoms with Gasteiger partial charge in [0.2, 0.25) is 11.9 Å². The van der Waals surface area contributed by atoms with Crippen molar-refractivity contribution in [1.82, 2.24) is 9.97 Å². The monoisotopic (exact) mass is 298 g/mol. The van der Waals surface area contributed by atoms with E-state index in [4.69, 9.17) is 0 Å². The minimum absolute atomic E-state index is 0.102. The fraction of sp³-hybridized carbons (Fsp3) is 0.250. The molecule has 6 heteroatoms. The van der Waals surface area contributed by atoms with Crippen molar-refractivity contribution < 1.29 is 9.59 Å². The Morgan fingerprint density at radius 2 is 1.73 bits per heavy atom. The summed E-state index contributed by atoms with van der Waals surface area (Å²) in [7, 11) is 0. The smallest absolute Gasteiger partial charge is 0.258 e. The lowest BCUT2D eigenvalue weighted by Crippen LogP contribution is -2.16. The zero-order chi connectivity index (χ0) is 16.1. The molecule has 2 amide bonds. The van der Waals surface area contributed by atoms with E-state index in [2.05, 4.69) is 20.6 Å². The van der Waals surface area contributed by atoms with Crippen molar-refractivity contribution in [3.8, 4) is 0 Å². The van der Waals surface area contributed by atoms with Crippen molar-refractivity contribution in [2.24, 2.45) is 0 Å². The van der Waals surface area contributed by atoms with Gasteiger partial charge in [-0.2, -0.15) is 0 Å². The standard InChI is InChI=1S/C16H18N4O2/c1-4-14(21)19-13-7-5-6-12(9-13)15(22)20-16-17-10(2)8-11(3)18-16/h5-9H,4H2,1-3H3,(H,19,21)(H,17,18,20,22). The molecule has 0 aliphatic carbocycles. The van der Waals surface area contributed by atoms with E-state index in [0.29, 0.717) is 17.7 Å². The topological polar surface area (TPSA) is 84.0 Å². The minimum atomic E-state index is -0.322. The second-order valence-corrected chi connectivity index (χ2v) is 4.91. The zero-order valence-electron chi connectivity index (χ0n) is 12.8. The quantitative estimate of drug-likeness (QED) is 0.909. The van der Waals surface area contributed by atoms with Crippen molar-refractivity contribution in [1.29, 1.82) is 0 Å². The molecular formula is C16H18N4O2. The summed E-state index contributed by atoms with van der Waals surface area (Å²) in [4.78, 5) is 32.0. The number of amides is 2. The number of aromatic nitrogens is 2. The number of carbonyl (C=O) groups excluding carboxylic acids is 2. The molecule has 1 heterocycles. The molecule has 0 fully saturated rings. The molecule has 22 heavy (non-hydrogen) atoms. The number of hydrogen-bond donors (Lipinski definition) is 2. The molecule has 1 aromatic carbocycles. The molecule has 2 aromatic rings. The van der Waals surface area contributed by atoms with Gasteiger partial charge in [0.1, 0.15) is 0 Å². The highest BCUT2D eigenvalue weighted by atomic mass is 16.2. The molecule has 0 radical (unpaired) electrons. The minimum Gasteiger partial charge on any atom is -0.326 e. The summed E-state index contributed by atoms with van der Waals surface area (Å²) in [6.45, 7) is 5.44. The molecule has 6 nitrogen and oxygen atoms in total. The van der Waals surface area contributed by atoms with Gasteiger partial charge in [-0.25, -0.2) is 9.97 Å². The van der Waals surface area contributed by atoms with Crippen LogP contribution >= 0.6 is 0 Å². The van der Waals surface area contributed by atoms with Crippen LogP contribution in [0.25, 0.3) is 0 Å². The lowest BCUT2D eigenvalue weighted by Gasteiger charge is -2.08. The summed E-state index contributed by atoms with van der Waals surface area (Å²) in [6, 6.07) is 8.56. The van der Waals surface area contributed by atoms with E-state index in [-0.39, 0.29) is 17.8 Å². The van der Waals surface area contributed by atoms with Crippen molar-refractivity contribution >= 4 is 23.5 Å². The summed E-state index contributed by atoms with van der Waals surface area (Å²) in [6.07, 6.45) is 0.382. The second-order valence-electron chi connectivity index (χ2n) is 4.91. The van der Waals surface area contributed by atoms with E-state index in [1.807, 2.05) is 19.9 Å². The van der Waals surface area contributed by atoms with Crippen molar-refractivity contribution in [3.05, 3.63) is 47.3 Å². The fourth-order valence-electron chi connectivity index (χ4n) is 1.94. The van der Waals surface area contributed by atoms with Crippen LogP contribution in [-0.4, -0.2) is 21.8 Å². The SMILES string of the molecule is CCC(=O)Nc1cccc(C(=O)Nc2nc(C)cc(C)n2)c1. The van der Waals surface area contributed by atoms with E-state index in [1.165, 1.54) is 0 Å². The number of nitrogens with one attached hydrogen (secondary N) is 2. The predicted molar refractivity (Wildman–Crippen MR) is 84.8 cm³/mol. The summed E-state index contributed by atoms with van der Waals surface area (Å²) in [5.74, 6) is -0.154. The van der Waals surface area contributed by atoms with Crippen LogP contribution in [0.4, 0.5) is 11.6 Å². The first-order valence-corrected chi connectivity index (χ1v) is 7.01. The lowest BCUT2D eigenvalue weighted by atomic mass is 10.2. The van der Waals surface area contributed by atoms with E-state index in [9.17, 15) is 9.59 Å². The maximum absolute atomic E-state index is 12.2. The molecule has 0 bridgehead atoms. The molecule has 0 aliphatic rings. The highest BCUT2D eigenvalue weighted by Gasteiger charge is 2.10. The van der Waals surface area contributed by atoms with E-state index in [0.717, 1.165) is 11.4 Å². The van der Waals surface area contributed by atoms with Gasteiger partial charge >= 0.3 is 0 Å². The van der Waals surface area contributed by atoms with Crippen molar-refractivity contribution in [2.45, 2.75) is 27.2 Å². The van der Waals surface area contributed by atoms with Gasteiger partial charge in [-0.1, -0.05) is 13.0 Å². The Morgan fingerprint density at radius 1 is 1.05 bits per heavy atom. The summed E-state index contributed by atoms with van der Waals surface area (Å²) < 4.78 is 0. The third-order valence-electron chi connectivity index (χ3n) is 2.94. The van der Waals surface area contributed by atoms with Crippen LogP contribution in [0.5, 0.6) is 0 Å². The highest BCUT2D eigenvalue weighted by molar-refractivity contribution is 6.04. The molecular weight excluding hydrogens is 280 g/mol. The Labute approximate surface area is 129 Å². The van der Waals surface area contributed by atoms with Gasteiger partial charge in [-0.3, -0.25) is 14.9 Å². The first-order chi connectivity index (χ1) is 10.5. The van der Waals surface area contributed by atoms with Crippen LogP contribution in [0.1, 0.15) is 35.1 Å².